The molecule has 0 aliphatic carbocycles. The van der Waals surface area contributed by atoms with Crippen molar-refractivity contribution in [3.63, 3.8) is 0 Å². The van der Waals surface area contributed by atoms with Crippen LogP contribution in [0.1, 0.15) is 17.2 Å². The number of fused-ring (bicyclic) bond motifs is 3. The second-order valence-corrected chi connectivity index (χ2v) is 4.31. The van der Waals surface area contributed by atoms with Crippen molar-refractivity contribution < 1.29 is 4.39 Å². The molecule has 1 saturated heterocycles. The largest absolute Gasteiger partial charge is 0.314 e. The van der Waals surface area contributed by atoms with Gasteiger partial charge in [-0.2, -0.15) is 0 Å². The minimum absolute atomic E-state index is 0. The van der Waals surface area contributed by atoms with Gasteiger partial charge in [0, 0.05) is 32.2 Å². The highest BCUT2D eigenvalue weighted by Crippen LogP contribution is 2.31. The number of nitrogens with one attached hydrogen (secondary N) is 1. The molecule has 88 valence electrons. The quantitative estimate of drug-likeness (QED) is 0.746. The van der Waals surface area contributed by atoms with Crippen molar-refractivity contribution in [2.75, 3.05) is 26.2 Å². The van der Waals surface area contributed by atoms with E-state index in [-0.39, 0.29) is 18.2 Å². The summed E-state index contributed by atoms with van der Waals surface area (Å²) in [6, 6.07) is 5.86. The molecule has 0 spiro atoms. The molecule has 2 heterocycles. The molecule has 1 aromatic rings. The van der Waals surface area contributed by atoms with Gasteiger partial charge in [-0.25, -0.2) is 4.39 Å². The minimum atomic E-state index is -0.0299. The zero-order valence-corrected chi connectivity index (χ0v) is 9.89. The number of piperazine rings is 1. The van der Waals surface area contributed by atoms with E-state index in [1.165, 1.54) is 5.56 Å². The smallest absolute Gasteiger partial charge is 0.126 e. The highest BCUT2D eigenvalue weighted by molar-refractivity contribution is 5.85. The molecule has 16 heavy (non-hydrogen) atoms. The van der Waals surface area contributed by atoms with E-state index < -0.39 is 0 Å². The van der Waals surface area contributed by atoms with E-state index >= 15 is 0 Å². The Bertz CT molecular complexity index is 383. The van der Waals surface area contributed by atoms with Crippen LogP contribution in [0.5, 0.6) is 0 Å². The van der Waals surface area contributed by atoms with Crippen molar-refractivity contribution in [1.82, 2.24) is 10.2 Å². The van der Waals surface area contributed by atoms with Gasteiger partial charge < -0.3 is 5.32 Å². The number of benzene rings is 1. The Balaban J connectivity index is 0.000000963. The molecule has 1 unspecified atom stereocenters. The average molecular weight is 243 g/mol. The predicted octanol–water partition coefficient (Wildman–Crippen LogP) is 1.75. The number of hydrogen-bond acceptors (Lipinski definition) is 2. The van der Waals surface area contributed by atoms with Crippen LogP contribution in [0.4, 0.5) is 4.39 Å². The molecule has 0 bridgehead atoms. The Hall–Kier alpha value is -0.640. The molecule has 4 heteroatoms. The van der Waals surface area contributed by atoms with E-state index in [1.54, 1.807) is 6.07 Å². The van der Waals surface area contributed by atoms with Crippen molar-refractivity contribution >= 4 is 12.4 Å². The van der Waals surface area contributed by atoms with Crippen LogP contribution in [0.2, 0.25) is 0 Å². The molecule has 0 aromatic heterocycles. The number of rotatable bonds is 0. The van der Waals surface area contributed by atoms with Gasteiger partial charge in [0.1, 0.15) is 5.82 Å². The molecular formula is C12H16ClFN2. The fourth-order valence-corrected chi connectivity index (χ4v) is 2.73. The third-order valence-corrected chi connectivity index (χ3v) is 3.52. The fraction of sp³-hybridized carbons (Fsp3) is 0.500. The molecule has 1 fully saturated rings. The highest BCUT2D eigenvalue weighted by Gasteiger charge is 2.30. The molecule has 3 rings (SSSR count). The van der Waals surface area contributed by atoms with Crippen LogP contribution in [0.15, 0.2) is 18.2 Å². The lowest BCUT2D eigenvalue weighted by Gasteiger charge is -2.40. The van der Waals surface area contributed by atoms with Crippen LogP contribution in [0.25, 0.3) is 0 Å². The zero-order chi connectivity index (χ0) is 10.3. The SMILES string of the molecule is Cl.Fc1cccc2c1CCN1CCNCC21. The second kappa shape index (κ2) is 4.70. The van der Waals surface area contributed by atoms with E-state index in [4.69, 9.17) is 0 Å². The Morgan fingerprint density at radius 2 is 2.19 bits per heavy atom. The zero-order valence-electron chi connectivity index (χ0n) is 9.08. The molecule has 2 aliphatic rings. The molecule has 1 atom stereocenters. The van der Waals surface area contributed by atoms with E-state index in [1.807, 2.05) is 6.07 Å². The number of hydrogen-bond donors (Lipinski definition) is 1. The van der Waals surface area contributed by atoms with E-state index in [9.17, 15) is 4.39 Å². The average Bonchev–Trinajstić information content (AvgIpc) is 2.29. The summed E-state index contributed by atoms with van der Waals surface area (Å²) in [6.45, 7) is 4.10. The summed E-state index contributed by atoms with van der Waals surface area (Å²) in [4.78, 5) is 2.46. The summed E-state index contributed by atoms with van der Waals surface area (Å²) in [5.41, 5.74) is 2.12. The van der Waals surface area contributed by atoms with E-state index in [0.717, 1.165) is 38.2 Å². The van der Waals surface area contributed by atoms with Gasteiger partial charge in [-0.3, -0.25) is 4.90 Å². The standard InChI is InChI=1S/C12H15FN2.ClH/c13-11-3-1-2-10-9(11)4-6-15-7-5-14-8-12(10)15;/h1-3,12,14H,4-8H2;1H. The third kappa shape index (κ3) is 1.83. The normalized spacial score (nSPS) is 24.2. The van der Waals surface area contributed by atoms with Crippen molar-refractivity contribution in [3.8, 4) is 0 Å². The summed E-state index contributed by atoms with van der Waals surface area (Å²) in [5.74, 6) is -0.0299. The van der Waals surface area contributed by atoms with Gasteiger partial charge in [-0.1, -0.05) is 12.1 Å². The maximum absolute atomic E-state index is 13.6. The summed E-state index contributed by atoms with van der Waals surface area (Å²) in [5, 5.41) is 3.38. The van der Waals surface area contributed by atoms with Crippen molar-refractivity contribution in [3.05, 3.63) is 35.1 Å². The first-order valence-electron chi connectivity index (χ1n) is 5.58. The maximum atomic E-state index is 13.6. The van der Waals surface area contributed by atoms with Gasteiger partial charge in [-0.05, 0) is 23.6 Å². The Kier molecular flexibility index (Phi) is 3.47. The Morgan fingerprint density at radius 1 is 1.31 bits per heavy atom. The predicted molar refractivity (Wildman–Crippen MR) is 64.5 cm³/mol. The molecule has 1 aromatic carbocycles. The first-order chi connectivity index (χ1) is 7.36. The third-order valence-electron chi connectivity index (χ3n) is 3.52. The molecule has 0 radical (unpaired) electrons. The van der Waals surface area contributed by atoms with E-state index in [0.29, 0.717) is 6.04 Å². The first-order valence-corrected chi connectivity index (χ1v) is 5.58. The van der Waals surface area contributed by atoms with Crippen LogP contribution in [-0.2, 0) is 6.42 Å². The van der Waals surface area contributed by atoms with Gasteiger partial charge >= 0.3 is 0 Å². The lowest BCUT2D eigenvalue weighted by Crippen LogP contribution is -2.49. The molecule has 2 aliphatic heterocycles. The topological polar surface area (TPSA) is 15.3 Å². The van der Waals surface area contributed by atoms with Crippen LogP contribution in [-0.4, -0.2) is 31.1 Å². The van der Waals surface area contributed by atoms with E-state index in [2.05, 4.69) is 16.3 Å². The Morgan fingerprint density at radius 3 is 3.06 bits per heavy atom. The van der Waals surface area contributed by atoms with Crippen LogP contribution < -0.4 is 5.32 Å². The molecular weight excluding hydrogens is 227 g/mol. The van der Waals surface area contributed by atoms with Crippen molar-refractivity contribution in [1.29, 1.82) is 0 Å². The van der Waals surface area contributed by atoms with Crippen LogP contribution in [0.3, 0.4) is 0 Å². The Labute approximate surface area is 101 Å². The maximum Gasteiger partial charge on any atom is 0.126 e. The molecule has 1 N–H and O–H groups in total. The van der Waals surface area contributed by atoms with Gasteiger partial charge in [-0.15, -0.1) is 12.4 Å². The van der Waals surface area contributed by atoms with Gasteiger partial charge in [0.05, 0.1) is 0 Å². The molecule has 0 saturated carbocycles. The highest BCUT2D eigenvalue weighted by atomic mass is 35.5. The van der Waals surface area contributed by atoms with Gasteiger partial charge in [0.2, 0.25) is 0 Å². The summed E-state index contributed by atoms with van der Waals surface area (Å²) in [7, 11) is 0. The first kappa shape index (κ1) is 11.8. The van der Waals surface area contributed by atoms with Crippen molar-refractivity contribution in [2.45, 2.75) is 12.5 Å². The molecule has 2 nitrogen and oxygen atoms in total. The number of nitrogens with zero attached hydrogens (tertiary/aromatic N) is 1. The van der Waals surface area contributed by atoms with Crippen molar-refractivity contribution in [2.24, 2.45) is 0 Å². The van der Waals surface area contributed by atoms with Crippen LogP contribution in [0, 0.1) is 5.82 Å². The lowest BCUT2D eigenvalue weighted by atomic mass is 9.91. The second-order valence-electron chi connectivity index (χ2n) is 4.31. The van der Waals surface area contributed by atoms with Gasteiger partial charge in [0.25, 0.3) is 0 Å². The minimum Gasteiger partial charge on any atom is -0.314 e. The molecule has 0 amide bonds. The van der Waals surface area contributed by atoms with Gasteiger partial charge in [0.15, 0.2) is 0 Å². The summed E-state index contributed by atoms with van der Waals surface area (Å²) in [6.07, 6.45) is 0.860. The number of halogens is 2. The summed E-state index contributed by atoms with van der Waals surface area (Å²) >= 11 is 0. The lowest BCUT2D eigenvalue weighted by molar-refractivity contribution is 0.150. The monoisotopic (exact) mass is 242 g/mol. The fourth-order valence-electron chi connectivity index (χ4n) is 2.73. The summed E-state index contributed by atoms with van der Waals surface area (Å²) < 4.78 is 13.6. The van der Waals surface area contributed by atoms with Crippen LogP contribution >= 0.6 is 12.4 Å².